The van der Waals surface area contributed by atoms with Crippen LogP contribution in [0.5, 0.6) is 0 Å². The summed E-state index contributed by atoms with van der Waals surface area (Å²) in [7, 11) is 0. The van der Waals surface area contributed by atoms with Crippen molar-refractivity contribution in [1.29, 1.82) is 0 Å². The maximum atomic E-state index is 10.8. The third-order valence-electron chi connectivity index (χ3n) is 2.64. The van der Waals surface area contributed by atoms with Crippen molar-refractivity contribution in [1.82, 2.24) is 4.98 Å². The van der Waals surface area contributed by atoms with Crippen LogP contribution >= 0.6 is 11.6 Å². The zero-order valence-electron chi connectivity index (χ0n) is 8.24. The first kappa shape index (κ1) is 9.66. The Labute approximate surface area is 95.8 Å². The average molecular weight is 238 g/mol. The monoisotopic (exact) mass is 237 g/mol. The predicted molar refractivity (Wildman–Crippen MR) is 58.0 cm³/mol. The Kier molecular flexibility index (Phi) is 1.94. The summed E-state index contributed by atoms with van der Waals surface area (Å²) in [6.45, 7) is 0. The van der Waals surface area contributed by atoms with Crippen molar-refractivity contribution < 1.29 is 14.3 Å². The van der Waals surface area contributed by atoms with E-state index in [0.717, 1.165) is 12.8 Å². The van der Waals surface area contributed by atoms with Gasteiger partial charge in [-0.3, -0.25) is 0 Å². The minimum Gasteiger partial charge on any atom is -0.478 e. The Morgan fingerprint density at radius 2 is 2.25 bits per heavy atom. The third kappa shape index (κ3) is 1.46. The molecule has 3 rings (SSSR count). The number of hydrogen-bond acceptors (Lipinski definition) is 3. The van der Waals surface area contributed by atoms with Gasteiger partial charge in [0.15, 0.2) is 11.5 Å². The van der Waals surface area contributed by atoms with E-state index in [9.17, 15) is 4.79 Å². The molecular formula is C11H8ClNO3. The Bertz CT molecular complexity index is 586. The molecule has 0 radical (unpaired) electrons. The lowest BCUT2D eigenvalue weighted by atomic mass is 10.2. The van der Waals surface area contributed by atoms with Gasteiger partial charge in [-0.05, 0) is 25.0 Å². The summed E-state index contributed by atoms with van der Waals surface area (Å²) in [6, 6.07) is 2.86. The van der Waals surface area contributed by atoms with Crippen molar-refractivity contribution in [3.8, 4) is 0 Å². The van der Waals surface area contributed by atoms with E-state index in [1.54, 1.807) is 0 Å². The van der Waals surface area contributed by atoms with Crippen LogP contribution in [0.2, 0.25) is 5.02 Å². The van der Waals surface area contributed by atoms with E-state index in [0.29, 0.717) is 27.9 Å². The van der Waals surface area contributed by atoms with Gasteiger partial charge in [-0.1, -0.05) is 11.6 Å². The number of hydrogen-bond donors (Lipinski definition) is 1. The predicted octanol–water partition coefficient (Wildman–Crippen LogP) is 3.06. The number of carboxylic acid groups (broad SMARTS) is 1. The van der Waals surface area contributed by atoms with Crippen LogP contribution in [0.25, 0.3) is 11.1 Å². The van der Waals surface area contributed by atoms with E-state index in [4.69, 9.17) is 21.1 Å². The number of halogens is 1. The summed E-state index contributed by atoms with van der Waals surface area (Å²) in [4.78, 5) is 15.1. The number of fused-ring (bicyclic) bond motifs is 1. The molecule has 1 aromatic heterocycles. The van der Waals surface area contributed by atoms with Crippen LogP contribution in [0.1, 0.15) is 35.0 Å². The molecule has 4 nitrogen and oxygen atoms in total. The third-order valence-corrected chi connectivity index (χ3v) is 2.93. The van der Waals surface area contributed by atoms with Crippen molar-refractivity contribution in [2.24, 2.45) is 0 Å². The summed E-state index contributed by atoms with van der Waals surface area (Å²) < 4.78 is 5.50. The minimum atomic E-state index is -1.02. The Hall–Kier alpha value is -1.55. The quantitative estimate of drug-likeness (QED) is 0.872. The zero-order valence-corrected chi connectivity index (χ0v) is 8.99. The van der Waals surface area contributed by atoms with E-state index in [1.807, 2.05) is 0 Å². The number of aromatic nitrogens is 1. The van der Waals surface area contributed by atoms with Crippen LogP contribution in [0.3, 0.4) is 0 Å². The number of nitrogens with zero attached hydrogens (tertiary/aromatic N) is 1. The molecule has 0 unspecified atom stereocenters. The second-order valence-electron chi connectivity index (χ2n) is 3.94. The van der Waals surface area contributed by atoms with Gasteiger partial charge in [0.05, 0.1) is 10.6 Å². The standard InChI is InChI=1S/C11H8ClNO3/c12-7-3-6(11(14)15)4-8-9(7)13-10(16-8)5-1-2-5/h3-5H,1-2H2,(H,14,15). The molecule has 82 valence electrons. The van der Waals surface area contributed by atoms with Gasteiger partial charge in [-0.15, -0.1) is 0 Å². The van der Waals surface area contributed by atoms with Crippen LogP contribution in [0, 0.1) is 0 Å². The van der Waals surface area contributed by atoms with E-state index in [-0.39, 0.29) is 5.56 Å². The summed E-state index contributed by atoms with van der Waals surface area (Å²) >= 11 is 5.96. The molecule has 2 aromatic rings. The van der Waals surface area contributed by atoms with E-state index in [2.05, 4.69) is 4.98 Å². The lowest BCUT2D eigenvalue weighted by Gasteiger charge is -1.95. The topological polar surface area (TPSA) is 63.3 Å². The first-order valence-corrected chi connectivity index (χ1v) is 5.36. The summed E-state index contributed by atoms with van der Waals surface area (Å²) in [6.07, 6.45) is 2.16. The Morgan fingerprint density at radius 1 is 1.50 bits per heavy atom. The van der Waals surface area contributed by atoms with Gasteiger partial charge in [-0.2, -0.15) is 0 Å². The van der Waals surface area contributed by atoms with Crippen molar-refractivity contribution in [3.63, 3.8) is 0 Å². The van der Waals surface area contributed by atoms with Gasteiger partial charge in [0.1, 0.15) is 5.52 Å². The zero-order chi connectivity index (χ0) is 11.3. The second-order valence-corrected chi connectivity index (χ2v) is 4.34. The van der Waals surface area contributed by atoms with Crippen LogP contribution < -0.4 is 0 Å². The highest BCUT2D eigenvalue weighted by Gasteiger charge is 2.29. The van der Waals surface area contributed by atoms with E-state index < -0.39 is 5.97 Å². The normalized spacial score (nSPS) is 15.6. The fraction of sp³-hybridized carbons (Fsp3) is 0.273. The van der Waals surface area contributed by atoms with Crippen LogP contribution in [-0.2, 0) is 0 Å². The Balaban J connectivity index is 2.21. The van der Waals surface area contributed by atoms with Crippen molar-refractivity contribution in [2.45, 2.75) is 18.8 Å². The number of aromatic carboxylic acids is 1. The largest absolute Gasteiger partial charge is 0.478 e. The van der Waals surface area contributed by atoms with Crippen LogP contribution in [0.15, 0.2) is 16.5 Å². The molecule has 0 aliphatic heterocycles. The molecular weight excluding hydrogens is 230 g/mol. The molecule has 0 amide bonds. The van der Waals surface area contributed by atoms with Gasteiger partial charge >= 0.3 is 5.97 Å². The highest BCUT2D eigenvalue weighted by atomic mass is 35.5. The van der Waals surface area contributed by atoms with Gasteiger partial charge in [-0.25, -0.2) is 9.78 Å². The Morgan fingerprint density at radius 3 is 2.88 bits per heavy atom. The second kappa shape index (κ2) is 3.22. The average Bonchev–Trinajstić information content (AvgIpc) is 2.98. The molecule has 1 saturated carbocycles. The SMILES string of the molecule is O=C(O)c1cc(Cl)c2nc(C3CC3)oc2c1. The van der Waals surface area contributed by atoms with Crippen molar-refractivity contribution >= 4 is 28.7 Å². The lowest BCUT2D eigenvalue weighted by molar-refractivity contribution is 0.0697. The minimum absolute atomic E-state index is 0.121. The molecule has 16 heavy (non-hydrogen) atoms. The molecule has 0 bridgehead atoms. The van der Waals surface area contributed by atoms with Crippen molar-refractivity contribution in [2.75, 3.05) is 0 Å². The highest BCUT2D eigenvalue weighted by molar-refractivity contribution is 6.35. The summed E-state index contributed by atoms with van der Waals surface area (Å²) in [5.41, 5.74) is 1.12. The summed E-state index contributed by atoms with van der Waals surface area (Å²) in [5.74, 6) is 0.0318. The smallest absolute Gasteiger partial charge is 0.335 e. The molecule has 1 heterocycles. The molecule has 0 atom stereocenters. The van der Waals surface area contributed by atoms with Gasteiger partial charge in [0.2, 0.25) is 0 Å². The first-order valence-electron chi connectivity index (χ1n) is 4.98. The molecule has 1 aliphatic carbocycles. The maximum absolute atomic E-state index is 10.8. The highest BCUT2D eigenvalue weighted by Crippen LogP contribution is 2.41. The number of carboxylic acids is 1. The van der Waals surface area contributed by atoms with E-state index in [1.165, 1.54) is 12.1 Å². The lowest BCUT2D eigenvalue weighted by Crippen LogP contribution is -1.95. The molecule has 0 spiro atoms. The fourth-order valence-corrected chi connectivity index (χ4v) is 1.89. The maximum Gasteiger partial charge on any atom is 0.335 e. The van der Waals surface area contributed by atoms with Gasteiger partial charge in [0.25, 0.3) is 0 Å². The molecule has 1 aliphatic rings. The number of oxazole rings is 1. The first-order chi connectivity index (χ1) is 7.65. The van der Waals surface area contributed by atoms with Crippen molar-refractivity contribution in [3.05, 3.63) is 28.6 Å². The molecule has 1 aromatic carbocycles. The van der Waals surface area contributed by atoms with Gasteiger partial charge < -0.3 is 9.52 Å². The molecule has 5 heteroatoms. The number of benzene rings is 1. The summed E-state index contributed by atoms with van der Waals surface area (Å²) in [5, 5.41) is 9.20. The van der Waals surface area contributed by atoms with Crippen LogP contribution in [-0.4, -0.2) is 16.1 Å². The van der Waals surface area contributed by atoms with Crippen LogP contribution in [0.4, 0.5) is 0 Å². The van der Waals surface area contributed by atoms with Gasteiger partial charge in [0, 0.05) is 5.92 Å². The number of carbonyl (C=O) groups is 1. The molecule has 1 fully saturated rings. The number of rotatable bonds is 2. The van der Waals surface area contributed by atoms with E-state index >= 15 is 0 Å². The molecule has 0 saturated heterocycles. The fourth-order valence-electron chi connectivity index (χ4n) is 1.63. The molecule has 1 N–H and O–H groups in total.